The Morgan fingerprint density at radius 2 is 2.11 bits per heavy atom. The van der Waals surface area contributed by atoms with E-state index in [2.05, 4.69) is 22.9 Å². The molecule has 0 radical (unpaired) electrons. The quantitative estimate of drug-likeness (QED) is 0.714. The van der Waals surface area contributed by atoms with Crippen LogP contribution in [-0.2, 0) is 0 Å². The van der Waals surface area contributed by atoms with Crippen molar-refractivity contribution < 1.29 is 4.79 Å². The van der Waals surface area contributed by atoms with E-state index >= 15 is 0 Å². The summed E-state index contributed by atoms with van der Waals surface area (Å²) < 4.78 is 0.967. The van der Waals surface area contributed by atoms with Gasteiger partial charge in [0, 0.05) is 29.0 Å². The standard InChI is InChI=1S/C14H19BrClNO/c1-3-4-9-17(10-8-16)14(18)12-6-5-7-13(15)11(12)2/h5-7H,3-4,8-10H2,1-2H3. The highest BCUT2D eigenvalue weighted by molar-refractivity contribution is 9.10. The van der Waals surface area contributed by atoms with Crippen molar-refractivity contribution in [2.45, 2.75) is 26.7 Å². The first-order valence-corrected chi connectivity index (χ1v) is 7.55. The van der Waals surface area contributed by atoms with Crippen LogP contribution >= 0.6 is 27.5 Å². The topological polar surface area (TPSA) is 20.3 Å². The highest BCUT2D eigenvalue weighted by atomic mass is 79.9. The first-order valence-electron chi connectivity index (χ1n) is 6.22. The lowest BCUT2D eigenvalue weighted by atomic mass is 10.1. The van der Waals surface area contributed by atoms with Gasteiger partial charge in [0.1, 0.15) is 0 Å². The highest BCUT2D eigenvalue weighted by Crippen LogP contribution is 2.21. The van der Waals surface area contributed by atoms with E-state index in [0.29, 0.717) is 12.4 Å². The number of amides is 1. The van der Waals surface area contributed by atoms with E-state index < -0.39 is 0 Å². The molecule has 0 N–H and O–H groups in total. The second kappa shape index (κ2) is 7.80. The molecule has 0 bridgehead atoms. The fourth-order valence-electron chi connectivity index (χ4n) is 1.78. The number of benzene rings is 1. The summed E-state index contributed by atoms with van der Waals surface area (Å²) in [5.74, 6) is 0.547. The Balaban J connectivity index is 2.90. The van der Waals surface area contributed by atoms with Gasteiger partial charge in [0.05, 0.1) is 0 Å². The van der Waals surface area contributed by atoms with Gasteiger partial charge in [0.15, 0.2) is 0 Å². The number of unbranched alkanes of at least 4 members (excludes halogenated alkanes) is 1. The fourth-order valence-corrected chi connectivity index (χ4v) is 2.35. The second-order valence-corrected chi connectivity index (χ2v) is 5.48. The zero-order valence-electron chi connectivity index (χ0n) is 10.9. The third kappa shape index (κ3) is 3.99. The minimum absolute atomic E-state index is 0.0721. The summed E-state index contributed by atoms with van der Waals surface area (Å²) in [6.07, 6.45) is 2.08. The molecule has 0 saturated heterocycles. The van der Waals surface area contributed by atoms with Crippen molar-refractivity contribution in [1.29, 1.82) is 0 Å². The van der Waals surface area contributed by atoms with E-state index in [1.54, 1.807) is 0 Å². The van der Waals surface area contributed by atoms with Crippen LogP contribution in [0.1, 0.15) is 35.7 Å². The monoisotopic (exact) mass is 331 g/mol. The molecular weight excluding hydrogens is 314 g/mol. The van der Waals surface area contributed by atoms with E-state index in [4.69, 9.17) is 11.6 Å². The minimum Gasteiger partial charge on any atom is -0.337 e. The van der Waals surface area contributed by atoms with E-state index in [0.717, 1.165) is 35.0 Å². The predicted molar refractivity (Wildman–Crippen MR) is 80.4 cm³/mol. The molecule has 18 heavy (non-hydrogen) atoms. The number of nitrogens with zero attached hydrogens (tertiary/aromatic N) is 1. The predicted octanol–water partition coefficient (Wildman–Crippen LogP) is 4.24. The summed E-state index contributed by atoms with van der Waals surface area (Å²) in [5.41, 5.74) is 1.74. The van der Waals surface area contributed by atoms with E-state index in [1.807, 2.05) is 30.0 Å². The lowest BCUT2D eigenvalue weighted by molar-refractivity contribution is 0.0762. The molecule has 0 aliphatic rings. The van der Waals surface area contributed by atoms with Gasteiger partial charge in [-0.2, -0.15) is 0 Å². The van der Waals surface area contributed by atoms with Gasteiger partial charge in [-0.1, -0.05) is 35.3 Å². The van der Waals surface area contributed by atoms with Gasteiger partial charge in [-0.15, -0.1) is 11.6 Å². The Bertz CT molecular complexity index is 409. The lowest BCUT2D eigenvalue weighted by Gasteiger charge is -2.22. The van der Waals surface area contributed by atoms with E-state index in [9.17, 15) is 4.79 Å². The summed E-state index contributed by atoms with van der Waals surface area (Å²) in [6, 6.07) is 5.71. The highest BCUT2D eigenvalue weighted by Gasteiger charge is 2.17. The number of hydrogen-bond acceptors (Lipinski definition) is 1. The molecule has 100 valence electrons. The van der Waals surface area contributed by atoms with Gasteiger partial charge in [-0.3, -0.25) is 4.79 Å². The molecule has 0 atom stereocenters. The molecular formula is C14H19BrClNO. The number of alkyl halides is 1. The van der Waals surface area contributed by atoms with Crippen molar-refractivity contribution in [1.82, 2.24) is 4.90 Å². The van der Waals surface area contributed by atoms with Crippen molar-refractivity contribution in [2.75, 3.05) is 19.0 Å². The molecule has 0 spiro atoms. The van der Waals surface area contributed by atoms with Crippen molar-refractivity contribution >= 4 is 33.4 Å². The van der Waals surface area contributed by atoms with E-state index in [-0.39, 0.29) is 5.91 Å². The first-order chi connectivity index (χ1) is 8.61. The normalized spacial score (nSPS) is 10.4. The smallest absolute Gasteiger partial charge is 0.254 e. The maximum Gasteiger partial charge on any atom is 0.254 e. The maximum absolute atomic E-state index is 12.5. The Morgan fingerprint density at radius 1 is 1.39 bits per heavy atom. The number of hydrogen-bond donors (Lipinski definition) is 0. The van der Waals surface area contributed by atoms with Gasteiger partial charge >= 0.3 is 0 Å². The van der Waals surface area contributed by atoms with Crippen LogP contribution in [0.4, 0.5) is 0 Å². The number of rotatable bonds is 6. The van der Waals surface area contributed by atoms with Crippen molar-refractivity contribution in [3.05, 3.63) is 33.8 Å². The average Bonchev–Trinajstić information content (AvgIpc) is 2.37. The Kier molecular flexibility index (Phi) is 6.72. The molecule has 0 fully saturated rings. The number of carbonyl (C=O) groups is 1. The number of halogens is 2. The fraction of sp³-hybridized carbons (Fsp3) is 0.500. The molecule has 4 heteroatoms. The van der Waals surface area contributed by atoms with Crippen LogP contribution in [0.2, 0.25) is 0 Å². The summed E-state index contributed by atoms with van der Waals surface area (Å²) >= 11 is 9.23. The van der Waals surface area contributed by atoms with Gasteiger partial charge < -0.3 is 4.90 Å². The van der Waals surface area contributed by atoms with E-state index in [1.165, 1.54) is 0 Å². The van der Waals surface area contributed by atoms with Gasteiger partial charge in [0.25, 0.3) is 5.91 Å². The Labute approximate surface area is 122 Å². The summed E-state index contributed by atoms with van der Waals surface area (Å²) in [5, 5.41) is 0. The molecule has 0 aromatic heterocycles. The van der Waals surface area contributed by atoms with Crippen LogP contribution in [0, 0.1) is 6.92 Å². The van der Waals surface area contributed by atoms with Gasteiger partial charge in [-0.05, 0) is 31.0 Å². The largest absolute Gasteiger partial charge is 0.337 e. The maximum atomic E-state index is 12.5. The molecule has 2 nitrogen and oxygen atoms in total. The molecule has 0 aliphatic heterocycles. The molecule has 0 aliphatic carbocycles. The molecule has 1 aromatic rings. The molecule has 1 aromatic carbocycles. The molecule has 0 saturated carbocycles. The zero-order chi connectivity index (χ0) is 13.5. The minimum atomic E-state index is 0.0721. The van der Waals surface area contributed by atoms with Crippen molar-refractivity contribution in [2.24, 2.45) is 0 Å². The molecule has 0 heterocycles. The van der Waals surface area contributed by atoms with Crippen molar-refractivity contribution in [3.8, 4) is 0 Å². The average molecular weight is 333 g/mol. The first kappa shape index (κ1) is 15.5. The second-order valence-electron chi connectivity index (χ2n) is 4.25. The third-order valence-electron chi connectivity index (χ3n) is 2.92. The summed E-state index contributed by atoms with van der Waals surface area (Å²) in [7, 11) is 0. The third-order valence-corrected chi connectivity index (χ3v) is 3.95. The van der Waals surface area contributed by atoms with Crippen LogP contribution in [0.25, 0.3) is 0 Å². The lowest BCUT2D eigenvalue weighted by Crippen LogP contribution is -2.34. The van der Waals surface area contributed by atoms with Gasteiger partial charge in [-0.25, -0.2) is 0 Å². The van der Waals surface area contributed by atoms with Crippen LogP contribution in [0.3, 0.4) is 0 Å². The molecule has 1 amide bonds. The van der Waals surface area contributed by atoms with Crippen LogP contribution < -0.4 is 0 Å². The zero-order valence-corrected chi connectivity index (χ0v) is 13.2. The summed E-state index contributed by atoms with van der Waals surface area (Å²) in [4.78, 5) is 14.3. The Hall–Kier alpha value is -0.540. The van der Waals surface area contributed by atoms with Crippen LogP contribution in [-0.4, -0.2) is 29.8 Å². The number of carbonyl (C=O) groups excluding carboxylic acids is 1. The summed E-state index contributed by atoms with van der Waals surface area (Å²) in [6.45, 7) is 5.45. The van der Waals surface area contributed by atoms with Crippen molar-refractivity contribution in [3.63, 3.8) is 0 Å². The Morgan fingerprint density at radius 3 is 2.72 bits per heavy atom. The molecule has 0 unspecified atom stereocenters. The SMILES string of the molecule is CCCCN(CCCl)C(=O)c1cccc(Br)c1C. The van der Waals surface area contributed by atoms with Crippen LogP contribution in [0.5, 0.6) is 0 Å². The van der Waals surface area contributed by atoms with Gasteiger partial charge in [0.2, 0.25) is 0 Å². The molecule has 1 rings (SSSR count). The van der Waals surface area contributed by atoms with Crippen LogP contribution in [0.15, 0.2) is 22.7 Å².